The lowest BCUT2D eigenvalue weighted by molar-refractivity contribution is 0.0655. The topological polar surface area (TPSA) is 77.5 Å². The molecule has 0 spiro atoms. The van der Waals surface area contributed by atoms with Gasteiger partial charge in [0.2, 0.25) is 10.0 Å². The Balaban J connectivity index is 1.64. The summed E-state index contributed by atoms with van der Waals surface area (Å²) in [5, 5.41) is 0.481. The maximum atomic E-state index is 11.9. The molecule has 1 aliphatic rings. The lowest BCUT2D eigenvalue weighted by Gasteiger charge is -2.21. The molecule has 22 heavy (non-hydrogen) atoms. The van der Waals surface area contributed by atoms with Gasteiger partial charge in [0, 0.05) is 32.0 Å². The van der Waals surface area contributed by atoms with Gasteiger partial charge in [-0.2, -0.15) is 0 Å². The maximum absolute atomic E-state index is 11.9. The number of sulfonamides is 1. The molecule has 0 saturated carbocycles. The van der Waals surface area contributed by atoms with Crippen LogP contribution in [0.1, 0.15) is 19.3 Å². The van der Waals surface area contributed by atoms with E-state index >= 15 is 0 Å². The van der Waals surface area contributed by atoms with Gasteiger partial charge in [0.05, 0.1) is 17.0 Å². The summed E-state index contributed by atoms with van der Waals surface area (Å²) < 4.78 is 37.0. The van der Waals surface area contributed by atoms with Crippen LogP contribution in [0.4, 0.5) is 0 Å². The number of nitrogens with zero attached hydrogens (tertiary/aromatic N) is 1. The molecule has 0 aromatic carbocycles. The zero-order valence-corrected chi connectivity index (χ0v) is 13.9. The van der Waals surface area contributed by atoms with Crippen molar-refractivity contribution in [1.82, 2.24) is 9.71 Å². The van der Waals surface area contributed by atoms with E-state index in [1.807, 2.05) is 0 Å². The molecule has 0 bridgehead atoms. The number of halogens is 1. The van der Waals surface area contributed by atoms with Gasteiger partial charge in [0.15, 0.2) is 0 Å². The van der Waals surface area contributed by atoms with Crippen molar-refractivity contribution < 1.29 is 17.9 Å². The van der Waals surface area contributed by atoms with Crippen molar-refractivity contribution >= 4 is 21.6 Å². The standard InChI is InChI=1S/C14H21ClN2O4S/c15-13-9-14(11-16-10-13)21-7-4-17-22(18,19)8-3-12-1-5-20-6-2-12/h9-12,17H,1-8H2. The van der Waals surface area contributed by atoms with Crippen LogP contribution in [0.15, 0.2) is 18.5 Å². The quantitative estimate of drug-likeness (QED) is 0.725. The van der Waals surface area contributed by atoms with E-state index in [4.69, 9.17) is 21.1 Å². The van der Waals surface area contributed by atoms with Gasteiger partial charge in [-0.15, -0.1) is 0 Å². The predicted molar refractivity (Wildman–Crippen MR) is 84.7 cm³/mol. The molecule has 0 unspecified atom stereocenters. The van der Waals surface area contributed by atoms with Crippen molar-refractivity contribution in [3.05, 3.63) is 23.5 Å². The molecule has 2 heterocycles. The summed E-state index contributed by atoms with van der Waals surface area (Å²) in [5.74, 6) is 1.11. The van der Waals surface area contributed by atoms with E-state index in [9.17, 15) is 8.42 Å². The van der Waals surface area contributed by atoms with E-state index in [2.05, 4.69) is 9.71 Å². The van der Waals surface area contributed by atoms with E-state index in [1.54, 1.807) is 6.07 Å². The highest BCUT2D eigenvalue weighted by Gasteiger charge is 2.17. The first-order valence-corrected chi connectivity index (χ1v) is 9.36. The molecule has 1 aromatic rings. The third-order valence-corrected chi connectivity index (χ3v) is 5.13. The van der Waals surface area contributed by atoms with Gasteiger partial charge in [0.1, 0.15) is 12.4 Å². The number of hydrogen-bond donors (Lipinski definition) is 1. The minimum absolute atomic E-state index is 0.149. The minimum Gasteiger partial charge on any atom is -0.491 e. The van der Waals surface area contributed by atoms with Crippen molar-refractivity contribution in [1.29, 1.82) is 0 Å². The molecule has 0 radical (unpaired) electrons. The molecule has 124 valence electrons. The number of hydrogen-bond acceptors (Lipinski definition) is 5. The van der Waals surface area contributed by atoms with Crippen LogP contribution in [-0.4, -0.2) is 45.5 Å². The molecular formula is C14H21ClN2O4S. The van der Waals surface area contributed by atoms with Crippen LogP contribution < -0.4 is 9.46 Å². The monoisotopic (exact) mass is 348 g/mol. The molecule has 1 saturated heterocycles. The number of aromatic nitrogens is 1. The summed E-state index contributed by atoms with van der Waals surface area (Å²) in [6, 6.07) is 1.63. The number of ether oxygens (including phenoxy) is 2. The second kappa shape index (κ2) is 8.67. The average molecular weight is 349 g/mol. The van der Waals surface area contributed by atoms with E-state index in [0.717, 1.165) is 26.1 Å². The lowest BCUT2D eigenvalue weighted by atomic mass is 9.98. The smallest absolute Gasteiger partial charge is 0.211 e. The van der Waals surface area contributed by atoms with Gasteiger partial charge in [-0.25, -0.2) is 13.1 Å². The van der Waals surface area contributed by atoms with Gasteiger partial charge >= 0.3 is 0 Å². The van der Waals surface area contributed by atoms with Crippen LogP contribution in [0.2, 0.25) is 5.02 Å². The zero-order valence-electron chi connectivity index (χ0n) is 12.3. The fourth-order valence-electron chi connectivity index (χ4n) is 2.27. The first-order chi connectivity index (χ1) is 10.6. The zero-order chi connectivity index (χ0) is 15.8. The molecule has 1 aliphatic heterocycles. The van der Waals surface area contributed by atoms with E-state index < -0.39 is 10.0 Å². The third kappa shape index (κ3) is 6.48. The molecule has 0 amide bonds. The van der Waals surface area contributed by atoms with Crippen molar-refractivity contribution in [2.45, 2.75) is 19.3 Å². The van der Waals surface area contributed by atoms with Crippen molar-refractivity contribution in [2.24, 2.45) is 5.92 Å². The molecule has 2 rings (SSSR count). The summed E-state index contributed by atoms with van der Waals surface area (Å²) in [6.45, 7) is 1.93. The number of pyridine rings is 1. The van der Waals surface area contributed by atoms with E-state index in [1.165, 1.54) is 12.4 Å². The second-order valence-electron chi connectivity index (χ2n) is 5.24. The SMILES string of the molecule is O=S(=O)(CCC1CCOCC1)NCCOc1cncc(Cl)c1. The van der Waals surface area contributed by atoms with Gasteiger partial charge in [-0.05, 0) is 25.2 Å². The molecule has 6 nitrogen and oxygen atoms in total. The molecule has 1 fully saturated rings. The molecular weight excluding hydrogens is 328 g/mol. The fourth-order valence-corrected chi connectivity index (χ4v) is 3.61. The number of nitrogens with one attached hydrogen (secondary N) is 1. The Labute approximate surface area is 136 Å². The van der Waals surface area contributed by atoms with E-state index in [0.29, 0.717) is 23.1 Å². The molecule has 0 atom stereocenters. The minimum atomic E-state index is -3.26. The summed E-state index contributed by atoms with van der Waals surface area (Å²) in [4.78, 5) is 3.89. The first-order valence-electron chi connectivity index (χ1n) is 7.33. The lowest BCUT2D eigenvalue weighted by Crippen LogP contribution is -2.31. The van der Waals surface area contributed by atoms with Crippen LogP contribution in [0, 0.1) is 5.92 Å². The molecule has 8 heteroatoms. The Kier molecular flexibility index (Phi) is 6.88. The molecule has 1 N–H and O–H groups in total. The Morgan fingerprint density at radius 1 is 1.36 bits per heavy atom. The van der Waals surface area contributed by atoms with Crippen LogP contribution in [0.3, 0.4) is 0 Å². The Morgan fingerprint density at radius 2 is 2.14 bits per heavy atom. The summed E-state index contributed by atoms with van der Waals surface area (Å²) in [6.07, 6.45) is 5.61. The van der Waals surface area contributed by atoms with Gasteiger partial charge in [-0.1, -0.05) is 11.6 Å². The Bertz CT molecular complexity index is 562. The van der Waals surface area contributed by atoms with Crippen LogP contribution in [-0.2, 0) is 14.8 Å². The first kappa shape index (κ1) is 17.5. The third-order valence-electron chi connectivity index (χ3n) is 3.51. The highest BCUT2D eigenvalue weighted by molar-refractivity contribution is 7.89. The molecule has 1 aromatic heterocycles. The summed E-state index contributed by atoms with van der Waals surface area (Å²) in [5.41, 5.74) is 0. The summed E-state index contributed by atoms with van der Waals surface area (Å²) in [7, 11) is -3.26. The van der Waals surface area contributed by atoms with Crippen molar-refractivity contribution in [2.75, 3.05) is 32.1 Å². The van der Waals surface area contributed by atoms with Crippen LogP contribution in [0.5, 0.6) is 5.75 Å². The van der Waals surface area contributed by atoms with E-state index in [-0.39, 0.29) is 18.9 Å². The van der Waals surface area contributed by atoms with Crippen LogP contribution >= 0.6 is 11.6 Å². The van der Waals surface area contributed by atoms with Crippen LogP contribution in [0.25, 0.3) is 0 Å². The predicted octanol–water partition coefficient (Wildman–Crippen LogP) is 1.85. The summed E-state index contributed by atoms with van der Waals surface area (Å²) >= 11 is 5.78. The van der Waals surface area contributed by atoms with Gasteiger partial charge in [-0.3, -0.25) is 4.98 Å². The Hall–Kier alpha value is -0.890. The van der Waals surface area contributed by atoms with Crippen molar-refractivity contribution in [3.63, 3.8) is 0 Å². The largest absolute Gasteiger partial charge is 0.491 e. The molecule has 0 aliphatic carbocycles. The highest BCUT2D eigenvalue weighted by Crippen LogP contribution is 2.19. The van der Waals surface area contributed by atoms with Gasteiger partial charge < -0.3 is 9.47 Å². The highest BCUT2D eigenvalue weighted by atomic mass is 35.5. The normalized spacial score (nSPS) is 16.6. The average Bonchev–Trinajstić information content (AvgIpc) is 2.51. The number of rotatable bonds is 8. The fraction of sp³-hybridized carbons (Fsp3) is 0.643. The Morgan fingerprint density at radius 3 is 2.86 bits per heavy atom. The second-order valence-corrected chi connectivity index (χ2v) is 7.61. The van der Waals surface area contributed by atoms with Crippen molar-refractivity contribution in [3.8, 4) is 5.75 Å². The maximum Gasteiger partial charge on any atom is 0.211 e. The van der Waals surface area contributed by atoms with Gasteiger partial charge in [0.25, 0.3) is 0 Å².